The van der Waals surface area contributed by atoms with Crippen LogP contribution in [0.5, 0.6) is 0 Å². The van der Waals surface area contributed by atoms with Crippen LogP contribution >= 0.6 is 11.6 Å². The second-order valence-corrected chi connectivity index (χ2v) is 7.22. The van der Waals surface area contributed by atoms with E-state index in [0.29, 0.717) is 30.0 Å². The lowest BCUT2D eigenvalue weighted by Gasteiger charge is -2.22. The first-order valence-electron chi connectivity index (χ1n) is 8.78. The fourth-order valence-electron chi connectivity index (χ4n) is 3.14. The number of hydrogen-bond donors (Lipinski definition) is 0. The van der Waals surface area contributed by atoms with Gasteiger partial charge in [0.25, 0.3) is 0 Å². The van der Waals surface area contributed by atoms with Crippen LogP contribution in [0, 0.1) is 11.8 Å². The van der Waals surface area contributed by atoms with Crippen LogP contribution in [0.3, 0.4) is 0 Å². The van der Waals surface area contributed by atoms with E-state index in [4.69, 9.17) is 16.3 Å². The Morgan fingerprint density at radius 1 is 1.25 bits per heavy atom. The van der Waals surface area contributed by atoms with Crippen molar-refractivity contribution in [2.24, 2.45) is 11.8 Å². The van der Waals surface area contributed by atoms with Gasteiger partial charge in [-0.25, -0.2) is 0 Å². The highest BCUT2D eigenvalue weighted by molar-refractivity contribution is 6.30. The molecule has 0 N–H and O–H groups in total. The molecule has 0 bridgehead atoms. The van der Waals surface area contributed by atoms with Gasteiger partial charge in [-0.15, -0.1) is 0 Å². The minimum atomic E-state index is -0.226. The number of hydrogen-bond acceptors (Lipinski definition) is 3. The molecular formula is C19H24ClNO3. The quantitative estimate of drug-likeness (QED) is 0.673. The van der Waals surface area contributed by atoms with Crippen LogP contribution in [-0.4, -0.2) is 36.5 Å². The van der Waals surface area contributed by atoms with Crippen LogP contribution in [0.1, 0.15) is 44.1 Å². The van der Waals surface area contributed by atoms with Crippen LogP contribution in [0.15, 0.2) is 24.3 Å². The van der Waals surface area contributed by atoms with Gasteiger partial charge >= 0.3 is 5.97 Å². The van der Waals surface area contributed by atoms with Gasteiger partial charge in [0.15, 0.2) is 0 Å². The maximum atomic E-state index is 12.8. The van der Waals surface area contributed by atoms with Gasteiger partial charge in [-0.2, -0.15) is 0 Å². The normalized spacial score (nSPS) is 22.1. The molecule has 2 atom stereocenters. The third-order valence-electron chi connectivity index (χ3n) is 4.78. The molecule has 0 radical (unpaired) electrons. The van der Waals surface area contributed by atoms with Crippen LogP contribution in [-0.2, 0) is 14.3 Å². The SMILES string of the molecule is CCOC(=O)CCN(CC1CC1)C(=O)[C@@H]1C[C@@H]1c1ccc(Cl)cc1. The summed E-state index contributed by atoms with van der Waals surface area (Å²) in [6, 6.07) is 7.76. The van der Waals surface area contributed by atoms with Crippen molar-refractivity contribution in [3.8, 4) is 0 Å². The van der Waals surface area contributed by atoms with Crippen molar-refractivity contribution in [1.29, 1.82) is 0 Å². The van der Waals surface area contributed by atoms with E-state index in [2.05, 4.69) is 0 Å². The van der Waals surface area contributed by atoms with Crippen LogP contribution < -0.4 is 0 Å². The Hall–Kier alpha value is -1.55. The number of esters is 1. The molecule has 3 rings (SSSR count). The van der Waals surface area contributed by atoms with Gasteiger partial charge in [0.2, 0.25) is 5.91 Å². The molecule has 24 heavy (non-hydrogen) atoms. The number of ether oxygens (including phenoxy) is 1. The van der Waals surface area contributed by atoms with E-state index in [1.165, 1.54) is 18.4 Å². The van der Waals surface area contributed by atoms with Gasteiger partial charge < -0.3 is 9.64 Å². The van der Waals surface area contributed by atoms with E-state index < -0.39 is 0 Å². The first kappa shape index (κ1) is 17.3. The van der Waals surface area contributed by atoms with Gasteiger partial charge in [-0.3, -0.25) is 9.59 Å². The van der Waals surface area contributed by atoms with E-state index in [1.54, 1.807) is 6.92 Å². The molecule has 2 aliphatic rings. The Balaban J connectivity index is 1.57. The molecule has 5 heteroatoms. The molecule has 1 aromatic carbocycles. The first-order chi connectivity index (χ1) is 11.6. The fourth-order valence-corrected chi connectivity index (χ4v) is 3.27. The summed E-state index contributed by atoms with van der Waals surface area (Å²) in [4.78, 5) is 26.3. The molecule has 0 unspecified atom stereocenters. The molecule has 130 valence electrons. The number of nitrogens with zero attached hydrogens (tertiary/aromatic N) is 1. The standard InChI is InChI=1S/C19H24ClNO3/c1-2-24-18(22)9-10-21(12-13-3-4-13)19(23)17-11-16(17)14-5-7-15(20)8-6-14/h5-8,13,16-17H,2-4,9-12H2,1H3/t16-,17-/m1/s1. The summed E-state index contributed by atoms with van der Waals surface area (Å²) in [5.41, 5.74) is 1.18. The molecule has 0 aliphatic heterocycles. The molecule has 2 saturated carbocycles. The summed E-state index contributed by atoms with van der Waals surface area (Å²) in [6.07, 6.45) is 3.55. The van der Waals surface area contributed by atoms with E-state index in [-0.39, 0.29) is 24.2 Å². The summed E-state index contributed by atoms with van der Waals surface area (Å²) in [5, 5.41) is 0.715. The Labute approximate surface area is 148 Å². The number of rotatable bonds is 8. The molecular weight excluding hydrogens is 326 g/mol. The largest absolute Gasteiger partial charge is 0.466 e. The third-order valence-corrected chi connectivity index (χ3v) is 5.04. The Morgan fingerprint density at radius 2 is 1.96 bits per heavy atom. The zero-order valence-corrected chi connectivity index (χ0v) is 14.8. The van der Waals surface area contributed by atoms with Crippen LogP contribution in [0.25, 0.3) is 0 Å². The maximum absolute atomic E-state index is 12.8. The molecule has 0 spiro atoms. The summed E-state index contributed by atoms with van der Waals surface area (Å²) in [5.74, 6) is 0.914. The van der Waals surface area contributed by atoms with Crippen LogP contribution in [0.4, 0.5) is 0 Å². The van der Waals surface area contributed by atoms with Gasteiger partial charge in [0, 0.05) is 24.0 Å². The lowest BCUT2D eigenvalue weighted by Crippen LogP contribution is -2.36. The topological polar surface area (TPSA) is 46.6 Å². The monoisotopic (exact) mass is 349 g/mol. The van der Waals surface area contributed by atoms with E-state index in [1.807, 2.05) is 29.2 Å². The second kappa shape index (κ2) is 7.56. The highest BCUT2D eigenvalue weighted by Gasteiger charge is 2.46. The zero-order chi connectivity index (χ0) is 17.1. The Bertz CT molecular complexity index is 597. The summed E-state index contributed by atoms with van der Waals surface area (Å²) < 4.78 is 4.98. The summed E-state index contributed by atoms with van der Waals surface area (Å²) in [6.45, 7) is 3.43. The number of carbonyl (C=O) groups is 2. The molecule has 0 saturated heterocycles. The van der Waals surface area contributed by atoms with Gasteiger partial charge in [0.1, 0.15) is 0 Å². The molecule has 2 aliphatic carbocycles. The highest BCUT2D eigenvalue weighted by Crippen LogP contribution is 2.49. The van der Waals surface area contributed by atoms with Crippen molar-refractivity contribution in [2.75, 3.05) is 19.7 Å². The number of amides is 1. The highest BCUT2D eigenvalue weighted by atomic mass is 35.5. The van der Waals surface area contributed by atoms with Gasteiger partial charge in [-0.05, 0) is 55.7 Å². The lowest BCUT2D eigenvalue weighted by molar-refractivity contribution is -0.144. The van der Waals surface area contributed by atoms with E-state index >= 15 is 0 Å². The third kappa shape index (κ3) is 4.50. The first-order valence-corrected chi connectivity index (χ1v) is 9.16. The second-order valence-electron chi connectivity index (χ2n) is 6.78. The Morgan fingerprint density at radius 3 is 2.58 bits per heavy atom. The summed E-state index contributed by atoms with van der Waals surface area (Å²) >= 11 is 5.93. The molecule has 0 aromatic heterocycles. The van der Waals surface area contributed by atoms with Crippen molar-refractivity contribution in [3.63, 3.8) is 0 Å². The number of benzene rings is 1. The zero-order valence-electron chi connectivity index (χ0n) is 14.0. The Kier molecular flexibility index (Phi) is 5.44. The van der Waals surface area contributed by atoms with E-state index in [9.17, 15) is 9.59 Å². The lowest BCUT2D eigenvalue weighted by atomic mass is 10.1. The van der Waals surface area contributed by atoms with Crippen LogP contribution in [0.2, 0.25) is 5.02 Å². The maximum Gasteiger partial charge on any atom is 0.307 e. The van der Waals surface area contributed by atoms with Crippen molar-refractivity contribution < 1.29 is 14.3 Å². The molecule has 4 nitrogen and oxygen atoms in total. The molecule has 0 heterocycles. The van der Waals surface area contributed by atoms with Crippen molar-refractivity contribution in [1.82, 2.24) is 4.90 Å². The van der Waals surface area contributed by atoms with Crippen molar-refractivity contribution in [3.05, 3.63) is 34.9 Å². The number of halogens is 1. The fraction of sp³-hybridized carbons (Fsp3) is 0.579. The van der Waals surface area contributed by atoms with E-state index in [0.717, 1.165) is 13.0 Å². The van der Waals surface area contributed by atoms with Crippen molar-refractivity contribution >= 4 is 23.5 Å². The molecule has 1 aromatic rings. The minimum absolute atomic E-state index is 0.0483. The van der Waals surface area contributed by atoms with Gasteiger partial charge in [-0.1, -0.05) is 23.7 Å². The predicted molar refractivity (Wildman–Crippen MR) is 92.9 cm³/mol. The predicted octanol–water partition coefficient (Wildman–Crippen LogP) is 3.64. The minimum Gasteiger partial charge on any atom is -0.466 e. The number of carbonyl (C=O) groups excluding carboxylic acids is 2. The smallest absolute Gasteiger partial charge is 0.307 e. The van der Waals surface area contributed by atoms with Gasteiger partial charge in [0.05, 0.1) is 13.0 Å². The molecule has 2 fully saturated rings. The van der Waals surface area contributed by atoms with Crippen molar-refractivity contribution in [2.45, 2.75) is 38.5 Å². The summed E-state index contributed by atoms with van der Waals surface area (Å²) in [7, 11) is 0. The average molecular weight is 350 g/mol. The average Bonchev–Trinajstić information content (AvgIpc) is 3.45. The molecule has 1 amide bonds.